The van der Waals surface area contributed by atoms with Crippen molar-refractivity contribution in [1.29, 1.82) is 0 Å². The van der Waals surface area contributed by atoms with Crippen LogP contribution in [0.5, 0.6) is 5.75 Å². The van der Waals surface area contributed by atoms with Crippen LogP contribution in [-0.2, 0) is 11.3 Å². The van der Waals surface area contributed by atoms with Crippen molar-refractivity contribution in [2.45, 2.75) is 19.1 Å². The molecule has 0 bridgehead atoms. The van der Waals surface area contributed by atoms with Crippen LogP contribution in [0.25, 0.3) is 0 Å². The highest BCUT2D eigenvalue weighted by atomic mass is 35.5. The first-order valence-corrected chi connectivity index (χ1v) is 8.92. The summed E-state index contributed by atoms with van der Waals surface area (Å²) in [6, 6.07) is 15.6. The maximum Gasteiger partial charge on any atom is 0.139 e. The van der Waals surface area contributed by atoms with Gasteiger partial charge in [0.2, 0.25) is 0 Å². The third-order valence-electron chi connectivity index (χ3n) is 4.21. The van der Waals surface area contributed by atoms with Crippen LogP contribution < -0.4 is 10.1 Å². The molecule has 2 atom stereocenters. The summed E-state index contributed by atoms with van der Waals surface area (Å²) in [6.07, 6.45) is 1.01. The number of nitrogens with one attached hydrogen (secondary N) is 1. The van der Waals surface area contributed by atoms with E-state index in [4.69, 9.17) is 32.7 Å². The van der Waals surface area contributed by atoms with Crippen molar-refractivity contribution in [3.63, 3.8) is 0 Å². The van der Waals surface area contributed by atoms with E-state index >= 15 is 0 Å². The summed E-state index contributed by atoms with van der Waals surface area (Å²) >= 11 is 12.3. The van der Waals surface area contributed by atoms with Crippen molar-refractivity contribution in [3.8, 4) is 5.75 Å². The summed E-state index contributed by atoms with van der Waals surface area (Å²) in [4.78, 5) is 0. The van der Waals surface area contributed by atoms with E-state index < -0.39 is 0 Å². The number of rotatable bonds is 7. The number of hydrogen-bond acceptors (Lipinski definition) is 3. The van der Waals surface area contributed by atoms with E-state index in [1.807, 2.05) is 30.3 Å². The summed E-state index contributed by atoms with van der Waals surface area (Å²) in [5.74, 6) is 1.01. The van der Waals surface area contributed by atoms with E-state index in [1.165, 1.54) is 0 Å². The van der Waals surface area contributed by atoms with Gasteiger partial charge in [-0.2, -0.15) is 0 Å². The predicted molar refractivity (Wildman–Crippen MR) is 98.0 cm³/mol. The molecule has 3 rings (SSSR count). The molecule has 0 unspecified atom stereocenters. The van der Waals surface area contributed by atoms with Crippen LogP contribution in [0.2, 0.25) is 10.0 Å². The lowest BCUT2D eigenvalue weighted by molar-refractivity contribution is 0.0166. The highest BCUT2D eigenvalue weighted by molar-refractivity contribution is 6.42. The Balaban J connectivity index is 1.63. The Labute approximate surface area is 152 Å². The quantitative estimate of drug-likeness (QED) is 0.779. The zero-order valence-electron chi connectivity index (χ0n) is 13.4. The second-order valence-electron chi connectivity index (χ2n) is 5.96. The van der Waals surface area contributed by atoms with Crippen LogP contribution in [0.1, 0.15) is 12.0 Å². The molecule has 1 N–H and O–H groups in total. The summed E-state index contributed by atoms with van der Waals surface area (Å²) in [6.45, 7) is 3.03. The molecule has 0 amide bonds. The van der Waals surface area contributed by atoms with Crippen molar-refractivity contribution in [2.24, 2.45) is 5.92 Å². The minimum atomic E-state index is -0.0559. The second kappa shape index (κ2) is 8.72. The lowest BCUT2D eigenvalue weighted by Crippen LogP contribution is -2.33. The molecular weight excluding hydrogens is 345 g/mol. The van der Waals surface area contributed by atoms with Gasteiger partial charge in [0.25, 0.3) is 0 Å². The summed E-state index contributed by atoms with van der Waals surface area (Å²) in [5.41, 5.74) is 1.15. The smallest absolute Gasteiger partial charge is 0.139 e. The second-order valence-corrected chi connectivity index (χ2v) is 6.75. The third kappa shape index (κ3) is 4.64. The van der Waals surface area contributed by atoms with Gasteiger partial charge in [0.1, 0.15) is 16.9 Å². The van der Waals surface area contributed by atoms with E-state index in [0.717, 1.165) is 25.1 Å². The van der Waals surface area contributed by atoms with Crippen LogP contribution >= 0.6 is 23.2 Å². The molecule has 1 heterocycles. The Kier molecular flexibility index (Phi) is 6.38. The van der Waals surface area contributed by atoms with Gasteiger partial charge in [-0.05, 0) is 30.7 Å². The first kappa shape index (κ1) is 17.6. The molecule has 1 fully saturated rings. The Morgan fingerprint density at radius 1 is 1.08 bits per heavy atom. The van der Waals surface area contributed by atoms with Crippen LogP contribution in [0.15, 0.2) is 48.5 Å². The summed E-state index contributed by atoms with van der Waals surface area (Å²) < 4.78 is 12.1. The molecule has 0 radical (unpaired) electrons. The highest BCUT2D eigenvalue weighted by Gasteiger charge is 2.27. The topological polar surface area (TPSA) is 30.5 Å². The largest absolute Gasteiger partial charge is 0.486 e. The van der Waals surface area contributed by atoms with Crippen molar-refractivity contribution in [3.05, 3.63) is 64.1 Å². The SMILES string of the molecule is Clc1cccc(O[C@@H](COCc2ccccc2)[C@H]2CCNC2)c1Cl. The Hall–Kier alpha value is -1.26. The van der Waals surface area contributed by atoms with Crippen LogP contribution in [0.3, 0.4) is 0 Å². The maximum atomic E-state index is 6.26. The van der Waals surface area contributed by atoms with Gasteiger partial charge < -0.3 is 14.8 Å². The summed E-state index contributed by atoms with van der Waals surface area (Å²) in [7, 11) is 0. The number of benzene rings is 2. The molecule has 1 aliphatic rings. The van der Waals surface area contributed by atoms with Crippen LogP contribution in [-0.4, -0.2) is 25.8 Å². The standard InChI is InChI=1S/C19H21Cl2NO2/c20-16-7-4-8-17(19(16)21)24-18(15-9-10-22-11-15)13-23-12-14-5-2-1-3-6-14/h1-8,15,18,22H,9-13H2/t15-,18-/m0/s1. The Morgan fingerprint density at radius 2 is 1.92 bits per heavy atom. The van der Waals surface area contributed by atoms with Crippen molar-refractivity contribution in [1.82, 2.24) is 5.32 Å². The predicted octanol–water partition coefficient (Wildman–Crippen LogP) is 4.57. The zero-order valence-corrected chi connectivity index (χ0v) is 14.9. The normalized spacial score (nSPS) is 18.5. The zero-order chi connectivity index (χ0) is 16.8. The fourth-order valence-electron chi connectivity index (χ4n) is 2.87. The minimum absolute atomic E-state index is 0.0559. The molecule has 1 saturated heterocycles. The number of ether oxygens (including phenoxy) is 2. The Bertz CT molecular complexity index is 645. The van der Waals surface area contributed by atoms with Crippen LogP contribution in [0.4, 0.5) is 0 Å². The Morgan fingerprint density at radius 3 is 2.67 bits per heavy atom. The highest BCUT2D eigenvalue weighted by Crippen LogP contribution is 2.33. The molecule has 0 saturated carbocycles. The molecule has 24 heavy (non-hydrogen) atoms. The third-order valence-corrected chi connectivity index (χ3v) is 5.01. The molecule has 1 aliphatic heterocycles. The first-order chi connectivity index (χ1) is 11.7. The number of hydrogen-bond donors (Lipinski definition) is 1. The number of halogens is 2. The molecule has 0 aliphatic carbocycles. The van der Waals surface area contributed by atoms with Gasteiger partial charge in [-0.15, -0.1) is 0 Å². The van der Waals surface area contributed by atoms with Gasteiger partial charge in [-0.1, -0.05) is 59.6 Å². The minimum Gasteiger partial charge on any atom is -0.486 e. The lowest BCUT2D eigenvalue weighted by atomic mass is 10.0. The molecule has 2 aromatic carbocycles. The van der Waals surface area contributed by atoms with Crippen molar-refractivity contribution >= 4 is 23.2 Å². The van der Waals surface area contributed by atoms with Gasteiger partial charge in [-0.3, -0.25) is 0 Å². The summed E-state index contributed by atoms with van der Waals surface area (Å²) in [5, 5.41) is 4.34. The molecule has 128 valence electrons. The van der Waals surface area contributed by atoms with Gasteiger partial charge in [0.05, 0.1) is 18.2 Å². The van der Waals surface area contributed by atoms with Gasteiger partial charge in [0, 0.05) is 12.5 Å². The average Bonchev–Trinajstić information content (AvgIpc) is 3.13. The van der Waals surface area contributed by atoms with Crippen molar-refractivity contribution in [2.75, 3.05) is 19.7 Å². The van der Waals surface area contributed by atoms with E-state index in [0.29, 0.717) is 34.9 Å². The van der Waals surface area contributed by atoms with Gasteiger partial charge >= 0.3 is 0 Å². The lowest BCUT2D eigenvalue weighted by Gasteiger charge is -2.25. The molecule has 0 aromatic heterocycles. The van der Waals surface area contributed by atoms with E-state index in [2.05, 4.69) is 17.4 Å². The maximum absolute atomic E-state index is 6.26. The van der Waals surface area contributed by atoms with Crippen LogP contribution in [0, 0.1) is 5.92 Å². The molecule has 3 nitrogen and oxygen atoms in total. The molecule has 2 aromatic rings. The molecule has 0 spiro atoms. The molecule has 5 heteroatoms. The molecular formula is C19H21Cl2NO2. The first-order valence-electron chi connectivity index (χ1n) is 8.17. The van der Waals surface area contributed by atoms with E-state index in [1.54, 1.807) is 6.07 Å². The fourth-order valence-corrected chi connectivity index (χ4v) is 3.20. The average molecular weight is 366 g/mol. The van der Waals surface area contributed by atoms with Crippen molar-refractivity contribution < 1.29 is 9.47 Å². The fraction of sp³-hybridized carbons (Fsp3) is 0.368. The van der Waals surface area contributed by atoms with Gasteiger partial charge in [-0.25, -0.2) is 0 Å². The van der Waals surface area contributed by atoms with E-state index in [9.17, 15) is 0 Å². The van der Waals surface area contributed by atoms with E-state index in [-0.39, 0.29) is 6.10 Å². The van der Waals surface area contributed by atoms with Gasteiger partial charge in [0.15, 0.2) is 0 Å². The monoisotopic (exact) mass is 365 g/mol.